The molecule has 0 aromatic heterocycles. The Morgan fingerprint density at radius 2 is 2.07 bits per heavy atom. The molecule has 0 aliphatic carbocycles. The third kappa shape index (κ3) is 4.44. The number of carbonyl (C=O) groups excluding carboxylic acids is 3. The smallest absolute Gasteiger partial charge is 0.265 e. The number of amides is 3. The minimum Gasteiger partial charge on any atom is -0.478 e. The molecule has 3 rings (SSSR count). The van der Waals surface area contributed by atoms with Crippen molar-refractivity contribution in [3.63, 3.8) is 0 Å². The largest absolute Gasteiger partial charge is 0.478 e. The number of nitrogens with one attached hydrogen (secondary N) is 2. The molecule has 0 spiro atoms. The van der Waals surface area contributed by atoms with E-state index in [0.717, 1.165) is 19.3 Å². The quantitative estimate of drug-likeness (QED) is 0.748. The van der Waals surface area contributed by atoms with Gasteiger partial charge in [0.25, 0.3) is 21.8 Å². The standard InChI is InChI=1S/C18H23N3O6S/c1-2-14-18(24)19-13-10-12(7-8-15(13)27-14)28(25,26)20-16(22)11-21-9-5-3-4-6-17(21)23/h7-8,10,14H,2-6,9,11H2,1H3,(H,19,24)(H,20,22)/t14-/m1/s1. The minimum absolute atomic E-state index is 0.149. The number of likely N-dealkylation sites (tertiary alicyclic amines) is 1. The third-order valence-electron chi connectivity index (χ3n) is 4.71. The molecule has 28 heavy (non-hydrogen) atoms. The molecule has 2 N–H and O–H groups in total. The van der Waals surface area contributed by atoms with Gasteiger partial charge in [0.2, 0.25) is 5.91 Å². The summed E-state index contributed by atoms with van der Waals surface area (Å²) in [6.45, 7) is 1.94. The molecule has 0 radical (unpaired) electrons. The zero-order valence-electron chi connectivity index (χ0n) is 15.6. The van der Waals surface area contributed by atoms with Gasteiger partial charge in [0, 0.05) is 13.0 Å². The van der Waals surface area contributed by atoms with Crippen LogP contribution >= 0.6 is 0 Å². The van der Waals surface area contributed by atoms with Gasteiger partial charge >= 0.3 is 0 Å². The molecule has 9 nitrogen and oxygen atoms in total. The second kappa shape index (κ2) is 8.17. The van der Waals surface area contributed by atoms with Crippen molar-refractivity contribution >= 4 is 33.4 Å². The lowest BCUT2D eigenvalue weighted by molar-refractivity contribution is -0.135. The van der Waals surface area contributed by atoms with Gasteiger partial charge < -0.3 is 15.0 Å². The van der Waals surface area contributed by atoms with E-state index in [-0.39, 0.29) is 28.9 Å². The summed E-state index contributed by atoms with van der Waals surface area (Å²) >= 11 is 0. The van der Waals surface area contributed by atoms with Crippen LogP contribution in [0.25, 0.3) is 0 Å². The second-order valence-electron chi connectivity index (χ2n) is 6.82. The average Bonchev–Trinajstić information content (AvgIpc) is 2.84. The molecule has 2 heterocycles. The van der Waals surface area contributed by atoms with Crippen LogP contribution in [-0.2, 0) is 24.4 Å². The van der Waals surface area contributed by atoms with Crippen LogP contribution in [-0.4, -0.2) is 50.2 Å². The number of benzene rings is 1. The Kier molecular flexibility index (Phi) is 5.87. The van der Waals surface area contributed by atoms with E-state index in [1.54, 1.807) is 6.92 Å². The van der Waals surface area contributed by atoms with E-state index in [1.165, 1.54) is 23.1 Å². The van der Waals surface area contributed by atoms with E-state index in [0.29, 0.717) is 25.1 Å². The Bertz CT molecular complexity index is 899. The summed E-state index contributed by atoms with van der Waals surface area (Å²) in [5.41, 5.74) is 0.229. The Labute approximate surface area is 163 Å². The van der Waals surface area contributed by atoms with Crippen molar-refractivity contribution in [3.05, 3.63) is 18.2 Å². The molecule has 1 aromatic carbocycles. The number of sulfonamides is 1. The highest BCUT2D eigenvalue weighted by molar-refractivity contribution is 7.90. The maximum Gasteiger partial charge on any atom is 0.265 e. The summed E-state index contributed by atoms with van der Waals surface area (Å²) in [5.74, 6) is -0.913. The van der Waals surface area contributed by atoms with Gasteiger partial charge in [-0.15, -0.1) is 0 Å². The van der Waals surface area contributed by atoms with Crippen molar-refractivity contribution < 1.29 is 27.5 Å². The van der Waals surface area contributed by atoms with Gasteiger partial charge in [0.05, 0.1) is 10.6 Å². The fourth-order valence-corrected chi connectivity index (χ4v) is 4.19. The van der Waals surface area contributed by atoms with Crippen LogP contribution in [0.2, 0.25) is 0 Å². The molecule has 1 atom stereocenters. The van der Waals surface area contributed by atoms with E-state index in [4.69, 9.17) is 4.74 Å². The van der Waals surface area contributed by atoms with E-state index in [2.05, 4.69) is 5.32 Å². The van der Waals surface area contributed by atoms with Crippen molar-refractivity contribution in [2.75, 3.05) is 18.4 Å². The summed E-state index contributed by atoms with van der Waals surface area (Å²) < 4.78 is 32.6. The topological polar surface area (TPSA) is 122 Å². The zero-order chi connectivity index (χ0) is 20.3. The molecule has 1 saturated heterocycles. The first-order chi connectivity index (χ1) is 13.3. The van der Waals surface area contributed by atoms with Gasteiger partial charge in [0.15, 0.2) is 6.10 Å². The first-order valence-corrected chi connectivity index (χ1v) is 10.7. The van der Waals surface area contributed by atoms with Crippen LogP contribution < -0.4 is 14.8 Å². The van der Waals surface area contributed by atoms with E-state index >= 15 is 0 Å². The van der Waals surface area contributed by atoms with Gasteiger partial charge in [-0.1, -0.05) is 13.3 Å². The number of hydrogen-bond acceptors (Lipinski definition) is 6. The molecule has 0 bridgehead atoms. The number of fused-ring (bicyclic) bond motifs is 1. The Balaban J connectivity index is 1.71. The third-order valence-corrected chi connectivity index (χ3v) is 6.08. The highest BCUT2D eigenvalue weighted by Crippen LogP contribution is 2.32. The van der Waals surface area contributed by atoms with Crippen LogP contribution in [0.4, 0.5) is 5.69 Å². The molecule has 152 valence electrons. The summed E-state index contributed by atoms with van der Waals surface area (Å²) in [6.07, 6.45) is 2.69. The molecule has 0 saturated carbocycles. The summed E-state index contributed by atoms with van der Waals surface area (Å²) in [5, 5.41) is 2.61. The van der Waals surface area contributed by atoms with Crippen LogP contribution in [0.5, 0.6) is 5.75 Å². The van der Waals surface area contributed by atoms with Crippen molar-refractivity contribution in [3.8, 4) is 5.75 Å². The Hall–Kier alpha value is -2.62. The lowest BCUT2D eigenvalue weighted by Crippen LogP contribution is -2.42. The number of rotatable bonds is 5. The van der Waals surface area contributed by atoms with Crippen LogP contribution in [0.1, 0.15) is 39.0 Å². The number of nitrogens with zero attached hydrogens (tertiary/aromatic N) is 1. The number of anilines is 1. The lowest BCUT2D eigenvalue weighted by Gasteiger charge is -2.25. The lowest BCUT2D eigenvalue weighted by atomic mass is 10.2. The fourth-order valence-electron chi connectivity index (χ4n) is 3.19. The first kappa shape index (κ1) is 20.1. The Morgan fingerprint density at radius 3 is 2.82 bits per heavy atom. The molecule has 2 aliphatic rings. The minimum atomic E-state index is -4.15. The van der Waals surface area contributed by atoms with Crippen molar-refractivity contribution in [2.24, 2.45) is 0 Å². The monoisotopic (exact) mass is 409 g/mol. The molecule has 1 aromatic rings. The van der Waals surface area contributed by atoms with Crippen LogP contribution in [0.15, 0.2) is 23.1 Å². The van der Waals surface area contributed by atoms with Crippen LogP contribution in [0.3, 0.4) is 0 Å². The van der Waals surface area contributed by atoms with E-state index < -0.39 is 22.0 Å². The van der Waals surface area contributed by atoms with Gasteiger partial charge in [0.1, 0.15) is 12.3 Å². The van der Waals surface area contributed by atoms with Crippen molar-refractivity contribution in [1.82, 2.24) is 9.62 Å². The second-order valence-corrected chi connectivity index (χ2v) is 8.50. The van der Waals surface area contributed by atoms with E-state index in [1.807, 2.05) is 4.72 Å². The summed E-state index contributed by atoms with van der Waals surface area (Å²) in [4.78, 5) is 37.3. The molecule has 0 unspecified atom stereocenters. The maximum atomic E-state index is 12.5. The summed E-state index contributed by atoms with van der Waals surface area (Å²) in [7, 11) is -4.15. The zero-order valence-corrected chi connectivity index (χ0v) is 16.4. The first-order valence-electron chi connectivity index (χ1n) is 9.25. The van der Waals surface area contributed by atoms with E-state index in [9.17, 15) is 22.8 Å². The van der Waals surface area contributed by atoms with Gasteiger partial charge in [-0.2, -0.15) is 0 Å². The SMILES string of the molecule is CC[C@H]1Oc2ccc(S(=O)(=O)NC(=O)CN3CCCCCC3=O)cc2NC1=O. The van der Waals surface area contributed by atoms with Crippen molar-refractivity contribution in [2.45, 2.75) is 50.0 Å². The summed E-state index contributed by atoms with van der Waals surface area (Å²) in [6, 6.07) is 3.98. The highest BCUT2D eigenvalue weighted by Gasteiger charge is 2.28. The molecule has 10 heteroatoms. The highest BCUT2D eigenvalue weighted by atomic mass is 32.2. The van der Waals surface area contributed by atoms with Crippen LogP contribution in [0, 0.1) is 0 Å². The molecular weight excluding hydrogens is 386 g/mol. The molecule has 1 fully saturated rings. The number of hydrogen-bond donors (Lipinski definition) is 2. The number of ether oxygens (including phenoxy) is 1. The molecule has 2 aliphatic heterocycles. The van der Waals surface area contributed by atoms with Gasteiger partial charge in [-0.25, -0.2) is 13.1 Å². The molecular formula is C18H23N3O6S. The van der Waals surface area contributed by atoms with Gasteiger partial charge in [-0.3, -0.25) is 14.4 Å². The van der Waals surface area contributed by atoms with Gasteiger partial charge in [-0.05, 0) is 37.5 Å². The predicted octanol–water partition coefficient (Wildman–Crippen LogP) is 1.00. The van der Waals surface area contributed by atoms with Crippen molar-refractivity contribution in [1.29, 1.82) is 0 Å². The normalized spacial score (nSPS) is 19.9. The predicted molar refractivity (Wildman–Crippen MR) is 100 cm³/mol. The Morgan fingerprint density at radius 1 is 1.29 bits per heavy atom. The maximum absolute atomic E-state index is 12.5. The number of carbonyl (C=O) groups is 3. The fraction of sp³-hybridized carbons (Fsp3) is 0.500. The average molecular weight is 409 g/mol. The molecule has 3 amide bonds.